The Morgan fingerprint density at radius 1 is 1.42 bits per heavy atom. The zero-order chi connectivity index (χ0) is 13.5. The van der Waals surface area contributed by atoms with Crippen LogP contribution in [0.2, 0.25) is 0 Å². The van der Waals surface area contributed by atoms with Crippen LogP contribution < -0.4 is 5.32 Å². The van der Waals surface area contributed by atoms with E-state index in [1.54, 1.807) is 0 Å². The number of anilines is 1. The first kappa shape index (κ1) is 14.2. The molecule has 1 aromatic heterocycles. The molecular weight excluding hydrogens is 240 g/mol. The van der Waals surface area contributed by atoms with Crippen molar-refractivity contribution in [2.45, 2.75) is 32.8 Å². The second kappa shape index (κ2) is 7.40. The lowest BCUT2D eigenvalue weighted by Crippen LogP contribution is -2.39. The van der Waals surface area contributed by atoms with E-state index < -0.39 is 0 Å². The topological polar surface area (TPSA) is 50.3 Å². The van der Waals surface area contributed by atoms with E-state index in [0.29, 0.717) is 0 Å². The highest BCUT2D eigenvalue weighted by atomic mass is 16.5. The number of aromatic nitrogens is 2. The van der Waals surface area contributed by atoms with E-state index in [2.05, 4.69) is 34.0 Å². The molecular formula is C14H24N4O. The summed E-state index contributed by atoms with van der Waals surface area (Å²) in [6.45, 7) is 9.07. The van der Waals surface area contributed by atoms with Crippen molar-refractivity contribution in [2.24, 2.45) is 0 Å². The third-order valence-corrected chi connectivity index (χ3v) is 3.21. The van der Waals surface area contributed by atoms with E-state index in [9.17, 15) is 0 Å². The van der Waals surface area contributed by atoms with Gasteiger partial charge in [0.15, 0.2) is 5.82 Å². The summed E-state index contributed by atoms with van der Waals surface area (Å²) >= 11 is 0. The average Bonchev–Trinajstić information content (AvgIpc) is 2.46. The molecule has 1 unspecified atom stereocenters. The molecule has 5 heteroatoms. The van der Waals surface area contributed by atoms with Crippen LogP contribution in [0.1, 0.15) is 38.6 Å². The molecule has 0 saturated carbocycles. The molecule has 2 rings (SSSR count). The van der Waals surface area contributed by atoms with Crippen LogP contribution >= 0.6 is 0 Å². The minimum Gasteiger partial charge on any atom is -0.370 e. The molecule has 2 heterocycles. The third-order valence-electron chi connectivity index (χ3n) is 3.21. The van der Waals surface area contributed by atoms with Gasteiger partial charge in [0, 0.05) is 25.8 Å². The van der Waals surface area contributed by atoms with Crippen LogP contribution in [-0.2, 0) is 4.74 Å². The molecule has 0 spiro atoms. The Labute approximate surface area is 115 Å². The van der Waals surface area contributed by atoms with Gasteiger partial charge in [0.25, 0.3) is 0 Å². The van der Waals surface area contributed by atoms with E-state index in [-0.39, 0.29) is 6.10 Å². The predicted molar refractivity (Wildman–Crippen MR) is 76.2 cm³/mol. The highest BCUT2D eigenvalue weighted by Gasteiger charge is 2.23. The van der Waals surface area contributed by atoms with Crippen LogP contribution in [0.5, 0.6) is 0 Å². The Hall–Kier alpha value is -1.20. The Morgan fingerprint density at radius 2 is 2.32 bits per heavy atom. The smallest absolute Gasteiger partial charge is 0.160 e. The van der Waals surface area contributed by atoms with Crippen molar-refractivity contribution in [3.63, 3.8) is 0 Å². The average molecular weight is 264 g/mol. The van der Waals surface area contributed by atoms with Crippen LogP contribution in [0.3, 0.4) is 0 Å². The predicted octanol–water partition coefficient (Wildman–Crippen LogP) is 2.08. The summed E-state index contributed by atoms with van der Waals surface area (Å²) in [6, 6.07) is 1.91. The number of hydrogen-bond acceptors (Lipinski definition) is 5. The SMILES string of the molecule is CCCNc1ccnc(C2CN(CCC)CCO2)n1. The first-order chi connectivity index (χ1) is 9.33. The molecule has 1 N–H and O–H groups in total. The van der Waals surface area contributed by atoms with Crippen molar-refractivity contribution < 1.29 is 4.74 Å². The zero-order valence-corrected chi connectivity index (χ0v) is 11.9. The molecule has 1 aromatic rings. The second-order valence-electron chi connectivity index (χ2n) is 4.89. The van der Waals surface area contributed by atoms with Gasteiger partial charge >= 0.3 is 0 Å². The fourth-order valence-electron chi connectivity index (χ4n) is 2.26. The Kier molecular flexibility index (Phi) is 5.54. The van der Waals surface area contributed by atoms with Crippen LogP contribution in [0.25, 0.3) is 0 Å². The number of ether oxygens (including phenoxy) is 1. The van der Waals surface area contributed by atoms with Gasteiger partial charge in [0.05, 0.1) is 6.61 Å². The number of nitrogens with zero attached hydrogens (tertiary/aromatic N) is 3. The molecule has 1 aliphatic rings. The van der Waals surface area contributed by atoms with Gasteiger partial charge in [-0.1, -0.05) is 13.8 Å². The van der Waals surface area contributed by atoms with Gasteiger partial charge in [-0.3, -0.25) is 4.90 Å². The van der Waals surface area contributed by atoms with E-state index in [1.165, 1.54) is 6.42 Å². The van der Waals surface area contributed by atoms with Crippen molar-refractivity contribution in [3.8, 4) is 0 Å². The normalized spacial score (nSPS) is 20.4. The molecule has 106 valence electrons. The van der Waals surface area contributed by atoms with Gasteiger partial charge in [-0.25, -0.2) is 9.97 Å². The monoisotopic (exact) mass is 264 g/mol. The molecule has 0 aromatic carbocycles. The Balaban J connectivity index is 1.99. The molecule has 0 bridgehead atoms. The maximum Gasteiger partial charge on any atom is 0.160 e. The minimum absolute atomic E-state index is 0.00340. The summed E-state index contributed by atoms with van der Waals surface area (Å²) in [7, 11) is 0. The van der Waals surface area contributed by atoms with Gasteiger partial charge < -0.3 is 10.1 Å². The van der Waals surface area contributed by atoms with Crippen LogP contribution in [0.15, 0.2) is 12.3 Å². The number of morpholine rings is 1. The second-order valence-corrected chi connectivity index (χ2v) is 4.89. The largest absolute Gasteiger partial charge is 0.370 e. The fraction of sp³-hybridized carbons (Fsp3) is 0.714. The lowest BCUT2D eigenvalue weighted by atomic mass is 10.2. The fourth-order valence-corrected chi connectivity index (χ4v) is 2.26. The summed E-state index contributed by atoms with van der Waals surface area (Å²) < 4.78 is 5.81. The molecule has 0 amide bonds. The van der Waals surface area contributed by atoms with Gasteiger partial charge in [0.1, 0.15) is 11.9 Å². The Bertz CT molecular complexity index is 383. The zero-order valence-electron chi connectivity index (χ0n) is 11.9. The number of rotatable bonds is 6. The Morgan fingerprint density at radius 3 is 3.11 bits per heavy atom. The lowest BCUT2D eigenvalue weighted by molar-refractivity contribution is -0.0341. The minimum atomic E-state index is 0.00340. The molecule has 1 atom stereocenters. The van der Waals surface area contributed by atoms with Crippen LogP contribution in [0.4, 0.5) is 5.82 Å². The molecule has 0 aliphatic carbocycles. The van der Waals surface area contributed by atoms with Gasteiger partial charge in [-0.2, -0.15) is 0 Å². The van der Waals surface area contributed by atoms with Crippen molar-refractivity contribution in [1.29, 1.82) is 0 Å². The van der Waals surface area contributed by atoms with Crippen LogP contribution in [0, 0.1) is 0 Å². The van der Waals surface area contributed by atoms with Crippen molar-refractivity contribution in [3.05, 3.63) is 18.1 Å². The highest BCUT2D eigenvalue weighted by Crippen LogP contribution is 2.20. The summed E-state index contributed by atoms with van der Waals surface area (Å²) in [5, 5.41) is 3.29. The van der Waals surface area contributed by atoms with E-state index in [0.717, 1.165) is 50.8 Å². The highest BCUT2D eigenvalue weighted by molar-refractivity contribution is 5.33. The van der Waals surface area contributed by atoms with Gasteiger partial charge in [-0.05, 0) is 25.5 Å². The molecule has 1 aliphatic heterocycles. The third kappa shape index (κ3) is 4.14. The van der Waals surface area contributed by atoms with Crippen molar-refractivity contribution >= 4 is 5.82 Å². The van der Waals surface area contributed by atoms with E-state index >= 15 is 0 Å². The standard InChI is InChI=1S/C14H24N4O/c1-3-6-15-13-5-7-16-14(17-13)12-11-18(8-4-2)9-10-19-12/h5,7,12H,3-4,6,8-11H2,1-2H3,(H,15,16,17). The van der Waals surface area contributed by atoms with Crippen LogP contribution in [-0.4, -0.2) is 47.7 Å². The van der Waals surface area contributed by atoms with Crippen molar-refractivity contribution in [2.75, 3.05) is 38.1 Å². The molecule has 0 radical (unpaired) electrons. The van der Waals surface area contributed by atoms with E-state index in [4.69, 9.17) is 4.74 Å². The molecule has 1 fully saturated rings. The lowest BCUT2D eigenvalue weighted by Gasteiger charge is -2.31. The summed E-state index contributed by atoms with van der Waals surface area (Å²) in [5.74, 6) is 1.69. The molecule has 19 heavy (non-hydrogen) atoms. The quantitative estimate of drug-likeness (QED) is 0.852. The number of nitrogens with one attached hydrogen (secondary N) is 1. The molecule has 1 saturated heterocycles. The molecule has 5 nitrogen and oxygen atoms in total. The van der Waals surface area contributed by atoms with Gasteiger partial charge in [-0.15, -0.1) is 0 Å². The maximum atomic E-state index is 5.81. The van der Waals surface area contributed by atoms with E-state index in [1.807, 2.05) is 12.3 Å². The van der Waals surface area contributed by atoms with Crippen molar-refractivity contribution in [1.82, 2.24) is 14.9 Å². The van der Waals surface area contributed by atoms with Gasteiger partial charge in [0.2, 0.25) is 0 Å². The first-order valence-electron chi connectivity index (χ1n) is 7.24. The maximum absolute atomic E-state index is 5.81. The summed E-state index contributed by atoms with van der Waals surface area (Å²) in [4.78, 5) is 11.3. The first-order valence-corrected chi connectivity index (χ1v) is 7.24. The number of hydrogen-bond donors (Lipinski definition) is 1. The summed E-state index contributed by atoms with van der Waals surface area (Å²) in [6.07, 6.45) is 4.07. The summed E-state index contributed by atoms with van der Waals surface area (Å²) in [5.41, 5.74) is 0.